The molecule has 1 fully saturated rings. The first-order valence-corrected chi connectivity index (χ1v) is 13.8. The second-order valence-corrected chi connectivity index (χ2v) is 11.5. The molecule has 1 N–H and O–H groups in total. The zero-order chi connectivity index (χ0) is 24.1. The van der Waals surface area contributed by atoms with Crippen LogP contribution >= 0.6 is 22.6 Å². The van der Waals surface area contributed by atoms with Crippen LogP contribution in [0.5, 0.6) is 0 Å². The van der Waals surface area contributed by atoms with Crippen molar-refractivity contribution in [3.63, 3.8) is 0 Å². The van der Waals surface area contributed by atoms with Gasteiger partial charge >= 0.3 is 0 Å². The molecule has 1 heterocycles. The predicted molar refractivity (Wildman–Crippen MR) is 145 cm³/mol. The second-order valence-electron chi connectivity index (χ2n) is 8.38. The van der Waals surface area contributed by atoms with Gasteiger partial charge in [-0.05, 0) is 96.5 Å². The van der Waals surface area contributed by atoms with Crippen molar-refractivity contribution in [1.82, 2.24) is 5.32 Å². The lowest BCUT2D eigenvalue weighted by Gasteiger charge is -2.25. The third-order valence-corrected chi connectivity index (χ3v) is 8.48. The molecular weight excluding hydrogens is 561 g/mol. The lowest BCUT2D eigenvalue weighted by molar-refractivity contribution is -0.120. The van der Waals surface area contributed by atoms with E-state index in [0.717, 1.165) is 26.5 Å². The highest BCUT2D eigenvalue weighted by molar-refractivity contribution is 14.1. The van der Waals surface area contributed by atoms with Crippen LogP contribution in [0.3, 0.4) is 0 Å². The lowest BCUT2D eigenvalue weighted by atomic mass is 10.1. The minimum absolute atomic E-state index is 0.145. The summed E-state index contributed by atoms with van der Waals surface area (Å²) in [5, 5.41) is 2.96. The summed E-state index contributed by atoms with van der Waals surface area (Å²) in [6.45, 7) is 3.75. The van der Waals surface area contributed by atoms with Gasteiger partial charge in [0, 0.05) is 22.3 Å². The normalized spacial score (nSPS) is 14.6. The minimum atomic E-state index is -3.91. The Labute approximate surface area is 215 Å². The maximum absolute atomic E-state index is 13.4. The maximum atomic E-state index is 13.4. The first-order chi connectivity index (χ1) is 16.3. The van der Waals surface area contributed by atoms with Crippen molar-refractivity contribution in [2.45, 2.75) is 30.7 Å². The van der Waals surface area contributed by atoms with Crippen LogP contribution in [0.1, 0.15) is 31.4 Å². The standard InChI is InChI=1S/C26H28IN3O3S/c1-20(21-9-13-23(14-10-21)29-17-5-6-18-29)28-26(31)19-30(24-15-11-22(27)12-16-24)34(32,33)25-7-3-2-4-8-25/h2-4,7-16,20H,5-6,17-19H2,1H3,(H,28,31). The number of sulfonamides is 1. The van der Waals surface area contributed by atoms with Gasteiger partial charge in [0.15, 0.2) is 0 Å². The van der Waals surface area contributed by atoms with E-state index >= 15 is 0 Å². The molecule has 178 valence electrons. The number of anilines is 2. The zero-order valence-electron chi connectivity index (χ0n) is 19.0. The number of carbonyl (C=O) groups is 1. The fraction of sp³-hybridized carbons (Fsp3) is 0.269. The molecule has 1 saturated heterocycles. The third kappa shape index (κ3) is 5.72. The molecule has 34 heavy (non-hydrogen) atoms. The predicted octanol–water partition coefficient (Wildman–Crippen LogP) is 4.96. The monoisotopic (exact) mass is 589 g/mol. The molecule has 0 radical (unpaired) electrons. The lowest BCUT2D eigenvalue weighted by Crippen LogP contribution is -2.41. The SMILES string of the molecule is CC(NC(=O)CN(c1ccc(I)cc1)S(=O)(=O)c1ccccc1)c1ccc(N2CCCC2)cc1. The molecule has 0 spiro atoms. The van der Waals surface area contributed by atoms with Gasteiger partial charge in [-0.15, -0.1) is 0 Å². The first-order valence-electron chi connectivity index (χ1n) is 11.3. The van der Waals surface area contributed by atoms with Gasteiger partial charge in [-0.1, -0.05) is 30.3 Å². The number of nitrogens with zero attached hydrogens (tertiary/aromatic N) is 2. The Kier molecular flexibility index (Phi) is 7.77. The van der Waals surface area contributed by atoms with E-state index in [0.29, 0.717) is 5.69 Å². The number of amides is 1. The first kappa shape index (κ1) is 24.5. The zero-order valence-corrected chi connectivity index (χ0v) is 22.0. The smallest absolute Gasteiger partial charge is 0.264 e. The molecule has 0 bridgehead atoms. The summed E-state index contributed by atoms with van der Waals surface area (Å²) in [7, 11) is -3.91. The van der Waals surface area contributed by atoms with E-state index in [1.807, 2.05) is 31.2 Å². The van der Waals surface area contributed by atoms with E-state index in [4.69, 9.17) is 0 Å². The molecule has 1 aliphatic rings. The highest BCUT2D eigenvalue weighted by atomic mass is 127. The summed E-state index contributed by atoms with van der Waals surface area (Å²) >= 11 is 2.16. The van der Waals surface area contributed by atoms with Crippen LogP contribution in [0.4, 0.5) is 11.4 Å². The van der Waals surface area contributed by atoms with Gasteiger partial charge in [0.05, 0.1) is 16.6 Å². The van der Waals surface area contributed by atoms with Crippen molar-refractivity contribution in [3.05, 3.63) is 88.0 Å². The Balaban J connectivity index is 1.50. The summed E-state index contributed by atoms with van der Waals surface area (Å²) in [5.41, 5.74) is 2.61. The molecule has 0 saturated carbocycles. The van der Waals surface area contributed by atoms with Gasteiger partial charge in [0.1, 0.15) is 6.54 Å². The Morgan fingerprint density at radius 1 is 0.971 bits per heavy atom. The molecule has 6 nitrogen and oxygen atoms in total. The van der Waals surface area contributed by atoms with Gasteiger partial charge < -0.3 is 10.2 Å². The van der Waals surface area contributed by atoms with Crippen LogP contribution in [-0.2, 0) is 14.8 Å². The summed E-state index contributed by atoms with van der Waals surface area (Å²) in [6.07, 6.45) is 2.44. The molecule has 3 aromatic rings. The fourth-order valence-electron chi connectivity index (χ4n) is 4.09. The molecule has 1 amide bonds. The van der Waals surface area contributed by atoms with Crippen molar-refractivity contribution in [2.75, 3.05) is 28.8 Å². The van der Waals surface area contributed by atoms with Gasteiger partial charge in [0.2, 0.25) is 5.91 Å². The van der Waals surface area contributed by atoms with Gasteiger partial charge in [0.25, 0.3) is 10.0 Å². The molecule has 0 aliphatic carbocycles. The van der Waals surface area contributed by atoms with Crippen molar-refractivity contribution in [1.29, 1.82) is 0 Å². The highest BCUT2D eigenvalue weighted by Gasteiger charge is 2.27. The second kappa shape index (κ2) is 10.8. The molecule has 1 aliphatic heterocycles. The van der Waals surface area contributed by atoms with E-state index < -0.39 is 10.0 Å². The third-order valence-electron chi connectivity index (χ3n) is 5.97. The largest absolute Gasteiger partial charge is 0.372 e. The number of benzene rings is 3. The molecule has 4 rings (SSSR count). The molecule has 8 heteroatoms. The van der Waals surface area contributed by atoms with Gasteiger partial charge in [-0.25, -0.2) is 8.42 Å². The number of rotatable bonds is 8. The van der Waals surface area contributed by atoms with Crippen molar-refractivity contribution < 1.29 is 13.2 Å². The number of hydrogen-bond donors (Lipinski definition) is 1. The molecule has 3 aromatic carbocycles. The molecular formula is C26H28IN3O3S. The average Bonchev–Trinajstić information content (AvgIpc) is 3.39. The van der Waals surface area contributed by atoms with E-state index in [1.165, 1.54) is 30.7 Å². The quantitative estimate of drug-likeness (QED) is 0.377. The summed E-state index contributed by atoms with van der Waals surface area (Å²) < 4.78 is 29.0. The summed E-state index contributed by atoms with van der Waals surface area (Å²) in [5.74, 6) is -0.367. The molecule has 1 atom stereocenters. The van der Waals surface area contributed by atoms with E-state index in [-0.39, 0.29) is 23.4 Å². The number of nitrogens with one attached hydrogen (secondary N) is 1. The number of hydrogen-bond acceptors (Lipinski definition) is 4. The van der Waals surface area contributed by atoms with Gasteiger partial charge in [-0.2, -0.15) is 0 Å². The van der Waals surface area contributed by atoms with Crippen LogP contribution in [-0.4, -0.2) is 34.0 Å². The maximum Gasteiger partial charge on any atom is 0.264 e. The molecule has 0 aromatic heterocycles. The Morgan fingerprint density at radius 2 is 1.59 bits per heavy atom. The topological polar surface area (TPSA) is 69.7 Å². The van der Waals surface area contributed by atoms with Crippen molar-refractivity contribution >= 4 is 49.9 Å². The van der Waals surface area contributed by atoms with E-state index in [1.54, 1.807) is 30.3 Å². The van der Waals surface area contributed by atoms with E-state index in [9.17, 15) is 13.2 Å². The average molecular weight is 589 g/mol. The van der Waals surface area contributed by atoms with Crippen molar-refractivity contribution in [2.24, 2.45) is 0 Å². The Bertz CT molecular complexity index is 1210. The van der Waals surface area contributed by atoms with Crippen LogP contribution in [0.2, 0.25) is 0 Å². The van der Waals surface area contributed by atoms with Crippen LogP contribution in [0, 0.1) is 3.57 Å². The summed E-state index contributed by atoms with van der Waals surface area (Å²) in [6, 6.07) is 23.2. The van der Waals surface area contributed by atoms with Crippen LogP contribution < -0.4 is 14.5 Å². The Hall–Kier alpha value is -2.59. The Morgan fingerprint density at radius 3 is 2.21 bits per heavy atom. The minimum Gasteiger partial charge on any atom is -0.372 e. The number of carbonyl (C=O) groups excluding carboxylic acids is 1. The van der Waals surface area contributed by atoms with Gasteiger partial charge in [-0.3, -0.25) is 9.10 Å². The van der Waals surface area contributed by atoms with Crippen LogP contribution in [0.15, 0.2) is 83.8 Å². The summed E-state index contributed by atoms with van der Waals surface area (Å²) in [4.78, 5) is 15.5. The highest BCUT2D eigenvalue weighted by Crippen LogP contribution is 2.25. The molecule has 1 unspecified atom stereocenters. The van der Waals surface area contributed by atoms with Crippen LogP contribution in [0.25, 0.3) is 0 Å². The number of halogens is 1. The fourth-order valence-corrected chi connectivity index (χ4v) is 5.89. The van der Waals surface area contributed by atoms with E-state index in [2.05, 4.69) is 44.9 Å². The van der Waals surface area contributed by atoms with Crippen molar-refractivity contribution in [3.8, 4) is 0 Å².